The summed E-state index contributed by atoms with van der Waals surface area (Å²) in [6.45, 7) is 15.1. The molecule has 0 aliphatic rings. The van der Waals surface area contributed by atoms with E-state index in [2.05, 4.69) is 53.8 Å². The van der Waals surface area contributed by atoms with Gasteiger partial charge in [0.05, 0.1) is 5.56 Å². The average molecular weight is 308 g/mol. The molecule has 0 radical (unpaired) electrons. The first-order chi connectivity index (χ1) is 9.50. The van der Waals surface area contributed by atoms with Crippen molar-refractivity contribution in [2.24, 2.45) is 5.41 Å². The first-order valence-electron chi connectivity index (χ1n) is 7.58. The Labute approximate surface area is 134 Å². The third-order valence-corrected chi connectivity index (χ3v) is 4.00. The lowest BCUT2D eigenvalue weighted by molar-refractivity contribution is 0.0888. The van der Waals surface area contributed by atoms with Gasteiger partial charge in [-0.2, -0.15) is 0 Å². The Morgan fingerprint density at radius 2 is 1.71 bits per heavy atom. The molecule has 2 nitrogen and oxygen atoms in total. The molecule has 0 aromatic heterocycles. The number of nitrogens with one attached hydrogen (secondary N) is 1. The molecule has 1 rings (SSSR count). The van der Waals surface area contributed by atoms with Crippen LogP contribution in [0.25, 0.3) is 0 Å². The first kappa shape index (κ1) is 18.1. The van der Waals surface area contributed by atoms with Crippen LogP contribution in [-0.4, -0.2) is 16.7 Å². The molecule has 1 aromatic rings. The molecule has 1 aromatic carbocycles. The molecule has 0 fully saturated rings. The molecule has 0 saturated heterocycles. The zero-order valence-electron chi connectivity index (χ0n) is 14.4. The lowest BCUT2D eigenvalue weighted by atomic mass is 9.81. The second-order valence-corrected chi connectivity index (χ2v) is 9.36. The van der Waals surface area contributed by atoms with Crippen LogP contribution in [0.5, 0.6) is 0 Å². The predicted molar refractivity (Wildman–Crippen MR) is 93.1 cm³/mol. The summed E-state index contributed by atoms with van der Waals surface area (Å²) in [5.41, 5.74) is 0.742. The van der Waals surface area contributed by atoms with Crippen LogP contribution < -0.4 is 5.32 Å². The highest BCUT2D eigenvalue weighted by Gasteiger charge is 2.28. The molecule has 0 bridgehead atoms. The van der Waals surface area contributed by atoms with Crippen molar-refractivity contribution in [3.05, 3.63) is 29.8 Å². The number of hydrogen-bond acceptors (Lipinski definition) is 2. The number of carbonyl (C=O) groups is 1. The number of hydrogen-bond donors (Lipinski definition) is 1. The molecule has 0 unspecified atom stereocenters. The summed E-state index contributed by atoms with van der Waals surface area (Å²) < 4.78 is 0. The second-order valence-electron chi connectivity index (χ2n) is 7.74. The van der Waals surface area contributed by atoms with E-state index >= 15 is 0 Å². The summed E-state index contributed by atoms with van der Waals surface area (Å²) in [6.07, 6.45) is 0.936. The van der Waals surface area contributed by atoms with Crippen molar-refractivity contribution < 1.29 is 4.79 Å². The fraction of sp³-hybridized carbons (Fsp3) is 0.611. The maximum Gasteiger partial charge on any atom is 0.252 e. The number of thioether (sulfide) groups is 1. The molecular formula is C18H29NOS. The summed E-state index contributed by atoms with van der Waals surface area (Å²) in [6, 6.07) is 7.85. The zero-order valence-corrected chi connectivity index (χ0v) is 15.2. The van der Waals surface area contributed by atoms with Crippen molar-refractivity contribution in [1.82, 2.24) is 5.32 Å². The summed E-state index contributed by atoms with van der Waals surface area (Å²) in [7, 11) is 0. The summed E-state index contributed by atoms with van der Waals surface area (Å²) in [5, 5.41) is 3.65. The first-order valence-corrected chi connectivity index (χ1v) is 8.46. The largest absolute Gasteiger partial charge is 0.347 e. The summed E-state index contributed by atoms with van der Waals surface area (Å²) >= 11 is 1.73. The molecule has 1 N–H and O–H groups in total. The van der Waals surface area contributed by atoms with Crippen LogP contribution in [0, 0.1) is 5.41 Å². The van der Waals surface area contributed by atoms with Gasteiger partial charge >= 0.3 is 0 Å². The minimum Gasteiger partial charge on any atom is -0.347 e. The van der Waals surface area contributed by atoms with Gasteiger partial charge in [0.25, 0.3) is 5.91 Å². The van der Waals surface area contributed by atoms with Crippen molar-refractivity contribution in [3.8, 4) is 0 Å². The Kier molecular flexibility index (Phi) is 5.92. The van der Waals surface area contributed by atoms with Crippen LogP contribution in [0.4, 0.5) is 0 Å². The fourth-order valence-electron chi connectivity index (χ4n) is 2.76. The second kappa shape index (κ2) is 6.87. The Bertz CT molecular complexity index is 486. The smallest absolute Gasteiger partial charge is 0.252 e. The summed E-state index contributed by atoms with van der Waals surface area (Å²) in [4.78, 5) is 13.7. The number of amides is 1. The van der Waals surface area contributed by atoms with Crippen molar-refractivity contribution >= 4 is 17.7 Å². The Balaban J connectivity index is 2.89. The van der Waals surface area contributed by atoms with Crippen LogP contribution in [0.3, 0.4) is 0 Å². The Morgan fingerprint density at radius 3 is 2.24 bits per heavy atom. The lowest BCUT2D eigenvalue weighted by Crippen LogP contribution is -2.45. The molecule has 1 amide bonds. The highest BCUT2D eigenvalue weighted by Crippen LogP contribution is 2.29. The van der Waals surface area contributed by atoms with E-state index in [-0.39, 0.29) is 16.9 Å². The van der Waals surface area contributed by atoms with E-state index in [1.165, 1.54) is 0 Å². The molecular weight excluding hydrogens is 278 g/mol. The van der Waals surface area contributed by atoms with Crippen molar-refractivity contribution in [2.45, 2.75) is 70.6 Å². The predicted octanol–water partition coefficient (Wildman–Crippen LogP) is 5.13. The van der Waals surface area contributed by atoms with Gasteiger partial charge in [-0.05, 0) is 37.8 Å². The monoisotopic (exact) mass is 307 g/mol. The normalized spacial score (nSPS) is 12.6. The van der Waals surface area contributed by atoms with Gasteiger partial charge in [-0.15, -0.1) is 11.8 Å². The SMILES string of the molecule is CC(C)Sc1ccccc1C(=O)NC(C)(C)CC(C)(C)C. The lowest BCUT2D eigenvalue weighted by Gasteiger charge is -2.33. The van der Waals surface area contributed by atoms with E-state index < -0.39 is 0 Å². The molecule has 0 atom stereocenters. The van der Waals surface area contributed by atoms with Crippen LogP contribution in [0.15, 0.2) is 29.2 Å². The number of benzene rings is 1. The molecule has 0 spiro atoms. The van der Waals surface area contributed by atoms with Crippen molar-refractivity contribution in [3.63, 3.8) is 0 Å². The number of carbonyl (C=O) groups excluding carboxylic acids is 1. The van der Waals surface area contributed by atoms with Crippen LogP contribution >= 0.6 is 11.8 Å². The van der Waals surface area contributed by atoms with E-state index in [0.717, 1.165) is 16.9 Å². The van der Waals surface area contributed by atoms with Gasteiger partial charge in [0, 0.05) is 15.7 Å². The third-order valence-electron chi connectivity index (χ3n) is 2.92. The molecule has 0 aliphatic carbocycles. The average Bonchev–Trinajstić information content (AvgIpc) is 2.24. The van der Waals surface area contributed by atoms with Crippen LogP contribution in [0.1, 0.15) is 65.2 Å². The van der Waals surface area contributed by atoms with Gasteiger partial charge in [0.15, 0.2) is 0 Å². The molecule has 3 heteroatoms. The maximum absolute atomic E-state index is 12.6. The molecule has 0 aliphatic heterocycles. The minimum absolute atomic E-state index is 0.0213. The highest BCUT2D eigenvalue weighted by atomic mass is 32.2. The van der Waals surface area contributed by atoms with E-state index in [1.54, 1.807) is 11.8 Å². The summed E-state index contributed by atoms with van der Waals surface area (Å²) in [5.74, 6) is 0.0213. The van der Waals surface area contributed by atoms with Gasteiger partial charge < -0.3 is 5.32 Å². The zero-order chi connectivity index (χ0) is 16.3. The molecule has 118 valence electrons. The Hall–Kier alpha value is -0.960. The fourth-order valence-corrected chi connectivity index (χ4v) is 3.71. The third kappa shape index (κ3) is 6.56. The van der Waals surface area contributed by atoms with Gasteiger partial charge in [-0.25, -0.2) is 0 Å². The van der Waals surface area contributed by atoms with E-state index in [4.69, 9.17) is 0 Å². The quantitative estimate of drug-likeness (QED) is 0.764. The maximum atomic E-state index is 12.6. The van der Waals surface area contributed by atoms with Gasteiger partial charge in [0.1, 0.15) is 0 Å². The highest BCUT2D eigenvalue weighted by molar-refractivity contribution is 8.00. The minimum atomic E-state index is -0.217. The van der Waals surface area contributed by atoms with E-state index in [1.807, 2.05) is 24.3 Å². The van der Waals surface area contributed by atoms with E-state index in [0.29, 0.717) is 5.25 Å². The van der Waals surface area contributed by atoms with Crippen molar-refractivity contribution in [1.29, 1.82) is 0 Å². The topological polar surface area (TPSA) is 29.1 Å². The Morgan fingerprint density at radius 1 is 1.14 bits per heavy atom. The van der Waals surface area contributed by atoms with Gasteiger partial charge in [-0.3, -0.25) is 4.79 Å². The number of rotatable bonds is 5. The van der Waals surface area contributed by atoms with Gasteiger partial charge in [0.2, 0.25) is 0 Å². The van der Waals surface area contributed by atoms with Crippen LogP contribution in [0.2, 0.25) is 0 Å². The van der Waals surface area contributed by atoms with Gasteiger partial charge in [-0.1, -0.05) is 46.8 Å². The molecule has 0 heterocycles. The molecule has 21 heavy (non-hydrogen) atoms. The van der Waals surface area contributed by atoms with Crippen molar-refractivity contribution in [2.75, 3.05) is 0 Å². The standard InChI is InChI=1S/C18H29NOS/c1-13(2)21-15-11-9-8-10-14(15)16(20)19-18(6,7)12-17(3,4)5/h8-11,13H,12H2,1-7H3,(H,19,20). The van der Waals surface area contributed by atoms with Crippen LogP contribution in [-0.2, 0) is 0 Å². The van der Waals surface area contributed by atoms with E-state index in [9.17, 15) is 4.79 Å². The molecule has 0 saturated carbocycles.